The molecule has 4 aromatic rings. The van der Waals surface area contributed by atoms with Crippen LogP contribution >= 0.6 is 0 Å². The second-order valence-electron chi connectivity index (χ2n) is 9.05. The molecule has 1 aromatic carbocycles. The van der Waals surface area contributed by atoms with Gasteiger partial charge in [-0.2, -0.15) is 18.3 Å². The Hall–Kier alpha value is -4.41. The highest BCUT2D eigenvalue weighted by Crippen LogP contribution is 2.41. The number of rotatable bonds is 3. The Balaban J connectivity index is 1.34. The maximum absolute atomic E-state index is 13.6. The van der Waals surface area contributed by atoms with Gasteiger partial charge in [0.2, 0.25) is 0 Å². The number of aryl methyl sites for hydroxylation is 1. The third-order valence-electron chi connectivity index (χ3n) is 6.72. The number of pyridine rings is 2. The molecule has 37 heavy (non-hydrogen) atoms. The van der Waals surface area contributed by atoms with Crippen molar-refractivity contribution >= 4 is 23.4 Å². The molecule has 2 aliphatic rings. The molecular formula is C26H22F3N7O. The van der Waals surface area contributed by atoms with E-state index in [9.17, 15) is 18.0 Å². The summed E-state index contributed by atoms with van der Waals surface area (Å²) < 4.78 is 41.5. The van der Waals surface area contributed by atoms with Crippen molar-refractivity contribution in [3.05, 3.63) is 72.4 Å². The van der Waals surface area contributed by atoms with E-state index in [1.807, 2.05) is 25.2 Å². The Labute approximate surface area is 210 Å². The predicted molar refractivity (Wildman–Crippen MR) is 133 cm³/mol. The second kappa shape index (κ2) is 8.61. The molecule has 0 aliphatic carbocycles. The molecule has 0 unspecified atom stereocenters. The zero-order chi connectivity index (χ0) is 25.7. The van der Waals surface area contributed by atoms with Crippen LogP contribution in [0.2, 0.25) is 0 Å². The van der Waals surface area contributed by atoms with Crippen LogP contribution in [-0.2, 0) is 13.2 Å². The van der Waals surface area contributed by atoms with E-state index in [0.29, 0.717) is 35.1 Å². The van der Waals surface area contributed by atoms with Gasteiger partial charge in [-0.1, -0.05) is 18.2 Å². The van der Waals surface area contributed by atoms with E-state index in [4.69, 9.17) is 0 Å². The number of alkyl halides is 3. The molecule has 1 N–H and O–H groups in total. The summed E-state index contributed by atoms with van der Waals surface area (Å²) in [4.78, 5) is 26.6. The van der Waals surface area contributed by atoms with Gasteiger partial charge in [-0.05, 0) is 48.9 Å². The van der Waals surface area contributed by atoms with Crippen LogP contribution in [0.25, 0.3) is 22.6 Å². The molecule has 2 amide bonds. The Bertz CT molecular complexity index is 1500. The molecule has 1 saturated heterocycles. The first-order chi connectivity index (χ1) is 17.8. The number of aromatic nitrogens is 4. The first kappa shape index (κ1) is 23.0. The number of anilines is 3. The molecule has 5 heterocycles. The number of amides is 2. The summed E-state index contributed by atoms with van der Waals surface area (Å²) in [5, 5.41) is 7.05. The van der Waals surface area contributed by atoms with Crippen LogP contribution in [0.15, 0.2) is 66.9 Å². The standard InChI is InChI=1S/C26H22F3N7O/c1-34-21(10-12-30-34)20-6-3-7-23(31-20)33-25(37)36-18-11-13-35(15-18)22-9-8-19(32-24(22)36)16-4-2-5-17(14-16)26(27,28)29/h2-10,12,14,18H,11,13,15H2,1H3,(H,31,33,37)/t18-/m0/s1. The van der Waals surface area contributed by atoms with Gasteiger partial charge in [0.15, 0.2) is 5.82 Å². The lowest BCUT2D eigenvalue weighted by molar-refractivity contribution is -0.137. The fraction of sp³-hybridized carbons (Fsp3) is 0.231. The normalized spacial score (nSPS) is 16.6. The summed E-state index contributed by atoms with van der Waals surface area (Å²) in [7, 11) is 1.81. The lowest BCUT2D eigenvalue weighted by atomic mass is 10.1. The first-order valence-electron chi connectivity index (χ1n) is 11.8. The molecule has 0 saturated carbocycles. The van der Waals surface area contributed by atoms with E-state index in [0.717, 1.165) is 36.5 Å². The molecule has 1 fully saturated rings. The maximum Gasteiger partial charge on any atom is 0.416 e. The number of nitrogens with zero attached hydrogens (tertiary/aromatic N) is 6. The number of nitrogens with one attached hydrogen (secondary N) is 1. The molecule has 0 radical (unpaired) electrons. The quantitative estimate of drug-likeness (QED) is 0.415. The zero-order valence-corrected chi connectivity index (χ0v) is 19.8. The van der Waals surface area contributed by atoms with Crippen molar-refractivity contribution < 1.29 is 18.0 Å². The van der Waals surface area contributed by atoms with Gasteiger partial charge in [0.1, 0.15) is 5.82 Å². The summed E-state index contributed by atoms with van der Waals surface area (Å²) >= 11 is 0. The average Bonchev–Trinajstić information content (AvgIpc) is 3.50. The smallest absolute Gasteiger partial charge is 0.366 e. The third kappa shape index (κ3) is 4.15. The van der Waals surface area contributed by atoms with Gasteiger partial charge in [0, 0.05) is 31.9 Å². The number of hydrogen-bond donors (Lipinski definition) is 1. The largest absolute Gasteiger partial charge is 0.416 e. The van der Waals surface area contributed by atoms with Gasteiger partial charge >= 0.3 is 12.2 Å². The van der Waals surface area contributed by atoms with Gasteiger partial charge in [-0.25, -0.2) is 14.8 Å². The van der Waals surface area contributed by atoms with Crippen molar-refractivity contribution in [1.82, 2.24) is 19.7 Å². The summed E-state index contributed by atoms with van der Waals surface area (Å²) in [5.41, 5.74) is 2.18. The second-order valence-corrected chi connectivity index (χ2v) is 9.05. The zero-order valence-electron chi connectivity index (χ0n) is 19.8. The van der Waals surface area contributed by atoms with Crippen LogP contribution in [0.1, 0.15) is 12.0 Å². The predicted octanol–water partition coefficient (Wildman–Crippen LogP) is 5.19. The minimum atomic E-state index is -4.46. The van der Waals surface area contributed by atoms with E-state index in [-0.39, 0.29) is 6.04 Å². The lowest BCUT2D eigenvalue weighted by Crippen LogP contribution is -2.48. The minimum Gasteiger partial charge on any atom is -0.366 e. The van der Waals surface area contributed by atoms with Gasteiger partial charge in [0.05, 0.1) is 34.4 Å². The van der Waals surface area contributed by atoms with E-state index < -0.39 is 17.8 Å². The van der Waals surface area contributed by atoms with Crippen molar-refractivity contribution in [2.75, 3.05) is 28.2 Å². The Morgan fingerprint density at radius 1 is 1.03 bits per heavy atom. The highest BCUT2D eigenvalue weighted by atomic mass is 19.4. The molecule has 188 valence electrons. The van der Waals surface area contributed by atoms with Crippen LogP contribution in [-0.4, -0.2) is 44.9 Å². The van der Waals surface area contributed by atoms with E-state index >= 15 is 0 Å². The highest BCUT2D eigenvalue weighted by Gasteiger charge is 2.40. The lowest BCUT2D eigenvalue weighted by Gasteiger charge is -2.35. The van der Waals surface area contributed by atoms with Crippen LogP contribution in [0, 0.1) is 0 Å². The third-order valence-corrected chi connectivity index (χ3v) is 6.72. The van der Waals surface area contributed by atoms with E-state index in [1.165, 1.54) is 6.07 Å². The van der Waals surface area contributed by atoms with Crippen molar-refractivity contribution in [3.63, 3.8) is 0 Å². The number of fused-ring (bicyclic) bond motifs is 4. The molecule has 8 nitrogen and oxygen atoms in total. The number of hydrogen-bond acceptors (Lipinski definition) is 5. The number of carbonyl (C=O) groups excluding carboxylic acids is 1. The van der Waals surface area contributed by atoms with Gasteiger partial charge in [-0.15, -0.1) is 0 Å². The van der Waals surface area contributed by atoms with Gasteiger partial charge in [-0.3, -0.25) is 14.9 Å². The maximum atomic E-state index is 13.6. The number of benzene rings is 1. The topological polar surface area (TPSA) is 79.2 Å². The number of carbonyl (C=O) groups is 1. The highest BCUT2D eigenvalue weighted by molar-refractivity contribution is 6.04. The van der Waals surface area contributed by atoms with E-state index in [1.54, 1.807) is 40.0 Å². The fourth-order valence-electron chi connectivity index (χ4n) is 4.93. The summed E-state index contributed by atoms with van der Waals surface area (Å²) in [6.45, 7) is 1.42. The summed E-state index contributed by atoms with van der Waals surface area (Å²) in [6, 6.07) is 15.2. The molecule has 3 aromatic heterocycles. The van der Waals surface area contributed by atoms with Crippen LogP contribution in [0.5, 0.6) is 0 Å². The monoisotopic (exact) mass is 505 g/mol. The minimum absolute atomic E-state index is 0.114. The van der Waals surface area contributed by atoms with Crippen LogP contribution in [0.3, 0.4) is 0 Å². The van der Waals surface area contributed by atoms with Crippen molar-refractivity contribution in [1.29, 1.82) is 0 Å². The molecule has 6 rings (SSSR count). The van der Waals surface area contributed by atoms with Crippen molar-refractivity contribution in [2.24, 2.45) is 7.05 Å². The molecule has 1 atom stereocenters. The first-order valence-corrected chi connectivity index (χ1v) is 11.8. The van der Waals surface area contributed by atoms with Gasteiger partial charge < -0.3 is 4.90 Å². The van der Waals surface area contributed by atoms with Crippen LogP contribution < -0.4 is 15.1 Å². The fourth-order valence-corrected chi connectivity index (χ4v) is 4.93. The summed E-state index contributed by atoms with van der Waals surface area (Å²) in [6.07, 6.45) is -2.03. The van der Waals surface area contributed by atoms with Crippen molar-refractivity contribution in [3.8, 4) is 22.6 Å². The SMILES string of the molecule is Cn1nccc1-c1cccc(NC(=O)N2c3nc(-c4cccc(C(F)(F)F)c4)ccc3N3CC[C@H]2C3)n1. The van der Waals surface area contributed by atoms with E-state index in [2.05, 4.69) is 25.3 Å². The molecule has 2 bridgehead atoms. The molecular weight excluding hydrogens is 483 g/mol. The number of urea groups is 1. The van der Waals surface area contributed by atoms with Gasteiger partial charge in [0.25, 0.3) is 0 Å². The van der Waals surface area contributed by atoms with Crippen LogP contribution in [0.4, 0.5) is 35.3 Å². The number of halogens is 3. The molecule has 11 heteroatoms. The Morgan fingerprint density at radius 3 is 2.65 bits per heavy atom. The summed E-state index contributed by atoms with van der Waals surface area (Å²) in [5.74, 6) is 0.795. The Kier molecular flexibility index (Phi) is 5.36. The molecule has 2 aliphatic heterocycles. The average molecular weight is 506 g/mol. The Morgan fingerprint density at radius 2 is 1.86 bits per heavy atom. The van der Waals surface area contributed by atoms with Crippen molar-refractivity contribution in [2.45, 2.75) is 18.6 Å². The molecule has 0 spiro atoms.